The summed E-state index contributed by atoms with van der Waals surface area (Å²) in [5, 5.41) is 3.23. The van der Waals surface area contributed by atoms with Crippen molar-refractivity contribution in [2.45, 2.75) is 13.8 Å². The molecule has 0 radical (unpaired) electrons. The van der Waals surface area contributed by atoms with Crippen molar-refractivity contribution in [3.8, 4) is 11.5 Å². The van der Waals surface area contributed by atoms with Gasteiger partial charge < -0.3 is 19.7 Å². The number of benzene rings is 2. The first-order valence-corrected chi connectivity index (χ1v) is 9.69. The number of ketones is 1. The molecule has 0 saturated carbocycles. The second kappa shape index (κ2) is 10.8. The second-order valence-corrected chi connectivity index (χ2v) is 6.44. The molecule has 1 fully saturated rings. The van der Waals surface area contributed by atoms with Crippen LogP contribution in [-0.2, 0) is 0 Å². The van der Waals surface area contributed by atoms with E-state index in [1.54, 1.807) is 47.4 Å². The van der Waals surface area contributed by atoms with E-state index in [9.17, 15) is 9.59 Å². The third kappa shape index (κ3) is 5.28. The van der Waals surface area contributed by atoms with Crippen LogP contribution in [-0.4, -0.2) is 56.0 Å². The van der Waals surface area contributed by atoms with Gasteiger partial charge in [0.05, 0.1) is 18.8 Å². The summed E-state index contributed by atoms with van der Waals surface area (Å²) in [5.74, 6) is 0.816. The van der Waals surface area contributed by atoms with Gasteiger partial charge >= 0.3 is 0 Å². The minimum absolute atomic E-state index is 0. The van der Waals surface area contributed by atoms with Crippen LogP contribution < -0.4 is 14.8 Å². The Labute approximate surface area is 177 Å². The third-order valence-electron chi connectivity index (χ3n) is 4.61. The van der Waals surface area contributed by atoms with Crippen LogP contribution in [0, 0.1) is 0 Å². The molecule has 0 unspecified atom stereocenters. The van der Waals surface area contributed by atoms with E-state index in [4.69, 9.17) is 9.47 Å². The number of ether oxygens (including phenoxy) is 2. The van der Waals surface area contributed by atoms with E-state index < -0.39 is 0 Å². The molecule has 1 saturated heterocycles. The summed E-state index contributed by atoms with van der Waals surface area (Å²) in [4.78, 5) is 28.0. The highest BCUT2D eigenvalue weighted by molar-refractivity contribution is 6.15. The fourth-order valence-electron chi connectivity index (χ4n) is 3.25. The van der Waals surface area contributed by atoms with Crippen molar-refractivity contribution in [2.75, 3.05) is 39.4 Å². The van der Waals surface area contributed by atoms with Crippen LogP contribution in [0.15, 0.2) is 42.5 Å². The summed E-state index contributed by atoms with van der Waals surface area (Å²) >= 11 is 0. The molecule has 6 nitrogen and oxygen atoms in total. The molecule has 0 aliphatic carbocycles. The number of hydrogen-bond donors (Lipinski definition) is 1. The van der Waals surface area contributed by atoms with Crippen molar-refractivity contribution in [1.82, 2.24) is 10.2 Å². The zero-order chi connectivity index (χ0) is 19.9. The lowest BCUT2D eigenvalue weighted by Crippen LogP contribution is -2.46. The van der Waals surface area contributed by atoms with E-state index in [0.717, 1.165) is 13.1 Å². The number of nitrogens with zero attached hydrogens (tertiary/aromatic N) is 1. The molecule has 1 N–H and O–H groups in total. The highest BCUT2D eigenvalue weighted by atomic mass is 35.5. The number of rotatable bonds is 7. The lowest BCUT2D eigenvalue weighted by molar-refractivity contribution is 0.0732. The number of carbonyl (C=O) groups is 2. The molecule has 0 bridgehead atoms. The maximum Gasteiger partial charge on any atom is 0.254 e. The monoisotopic (exact) mass is 418 g/mol. The first-order chi connectivity index (χ1) is 13.7. The van der Waals surface area contributed by atoms with E-state index in [0.29, 0.717) is 54.5 Å². The number of carbonyl (C=O) groups excluding carboxylic acids is 2. The van der Waals surface area contributed by atoms with Gasteiger partial charge in [-0.3, -0.25) is 9.59 Å². The van der Waals surface area contributed by atoms with E-state index in [1.807, 2.05) is 13.8 Å². The largest absolute Gasteiger partial charge is 0.490 e. The van der Waals surface area contributed by atoms with Crippen molar-refractivity contribution < 1.29 is 19.1 Å². The maximum atomic E-state index is 13.2. The van der Waals surface area contributed by atoms with Crippen LogP contribution in [0.1, 0.15) is 40.1 Å². The predicted molar refractivity (Wildman–Crippen MR) is 115 cm³/mol. The highest BCUT2D eigenvalue weighted by Gasteiger charge is 2.24. The Bertz CT molecular complexity index is 850. The molecule has 3 rings (SSSR count). The standard InChI is InChI=1S/C22H26N2O4.ClH/c1-3-27-19-10-9-16(15-20(19)28-4-2)21(25)17-7-5-6-8-18(17)22(26)24-13-11-23-12-14-24;/h5-10,15,23H,3-4,11-14H2,1-2H3;1H. The molecular formula is C22H27ClN2O4. The van der Waals surface area contributed by atoms with Crippen molar-refractivity contribution in [3.05, 3.63) is 59.2 Å². The smallest absolute Gasteiger partial charge is 0.254 e. The van der Waals surface area contributed by atoms with E-state index in [2.05, 4.69) is 5.32 Å². The summed E-state index contributed by atoms with van der Waals surface area (Å²) in [7, 11) is 0. The first-order valence-electron chi connectivity index (χ1n) is 9.69. The zero-order valence-corrected chi connectivity index (χ0v) is 17.6. The molecule has 7 heteroatoms. The van der Waals surface area contributed by atoms with Crippen LogP contribution in [0.5, 0.6) is 11.5 Å². The Morgan fingerprint density at radius 2 is 1.55 bits per heavy atom. The van der Waals surface area contributed by atoms with E-state index in [-0.39, 0.29) is 24.1 Å². The normalized spacial score (nSPS) is 13.4. The molecule has 0 atom stereocenters. The van der Waals surface area contributed by atoms with Crippen molar-refractivity contribution in [1.29, 1.82) is 0 Å². The fraction of sp³-hybridized carbons (Fsp3) is 0.364. The molecule has 1 heterocycles. The summed E-state index contributed by atoms with van der Waals surface area (Å²) in [6, 6.07) is 12.1. The Morgan fingerprint density at radius 1 is 0.931 bits per heavy atom. The zero-order valence-electron chi connectivity index (χ0n) is 16.8. The van der Waals surface area contributed by atoms with Crippen LogP contribution >= 0.6 is 12.4 Å². The van der Waals surface area contributed by atoms with Gasteiger partial charge in [0.15, 0.2) is 17.3 Å². The number of halogens is 1. The van der Waals surface area contributed by atoms with Crippen LogP contribution in [0.2, 0.25) is 0 Å². The van der Waals surface area contributed by atoms with Gasteiger partial charge in [-0.2, -0.15) is 0 Å². The van der Waals surface area contributed by atoms with Gasteiger partial charge in [-0.15, -0.1) is 12.4 Å². The molecule has 29 heavy (non-hydrogen) atoms. The predicted octanol–water partition coefficient (Wildman–Crippen LogP) is 3.18. The summed E-state index contributed by atoms with van der Waals surface area (Å²) in [6.45, 7) is 7.55. The van der Waals surface area contributed by atoms with Crippen LogP contribution in [0.25, 0.3) is 0 Å². The quantitative estimate of drug-likeness (QED) is 0.699. The summed E-state index contributed by atoms with van der Waals surface area (Å²) in [6.07, 6.45) is 0. The summed E-state index contributed by atoms with van der Waals surface area (Å²) in [5.41, 5.74) is 1.30. The summed E-state index contributed by atoms with van der Waals surface area (Å²) < 4.78 is 11.2. The van der Waals surface area contributed by atoms with Gasteiger partial charge in [-0.25, -0.2) is 0 Å². The van der Waals surface area contributed by atoms with E-state index >= 15 is 0 Å². The molecule has 2 aromatic carbocycles. The van der Waals surface area contributed by atoms with Gasteiger partial charge in [0.2, 0.25) is 0 Å². The van der Waals surface area contributed by atoms with Gasteiger partial charge in [-0.1, -0.05) is 18.2 Å². The van der Waals surface area contributed by atoms with E-state index in [1.165, 1.54) is 0 Å². The number of piperazine rings is 1. The fourth-order valence-corrected chi connectivity index (χ4v) is 3.25. The molecule has 156 valence electrons. The molecule has 1 aliphatic heterocycles. The lowest BCUT2D eigenvalue weighted by Gasteiger charge is -2.28. The Hall–Kier alpha value is -2.57. The average molecular weight is 419 g/mol. The molecule has 1 amide bonds. The maximum absolute atomic E-state index is 13.2. The van der Waals surface area contributed by atoms with Crippen molar-refractivity contribution in [3.63, 3.8) is 0 Å². The highest BCUT2D eigenvalue weighted by Crippen LogP contribution is 2.30. The Morgan fingerprint density at radius 3 is 2.21 bits per heavy atom. The van der Waals surface area contributed by atoms with Crippen molar-refractivity contribution in [2.24, 2.45) is 0 Å². The molecule has 0 aromatic heterocycles. The van der Waals surface area contributed by atoms with Gasteiger partial charge in [0, 0.05) is 37.3 Å². The lowest BCUT2D eigenvalue weighted by atomic mass is 9.97. The number of nitrogens with one attached hydrogen (secondary N) is 1. The minimum Gasteiger partial charge on any atom is -0.490 e. The molecule has 0 spiro atoms. The molecule has 1 aliphatic rings. The average Bonchev–Trinajstić information content (AvgIpc) is 2.75. The number of hydrogen-bond acceptors (Lipinski definition) is 5. The number of amides is 1. The molecule has 2 aromatic rings. The first kappa shape index (κ1) is 22.7. The topological polar surface area (TPSA) is 67.9 Å². The van der Waals surface area contributed by atoms with Crippen molar-refractivity contribution >= 4 is 24.1 Å². The van der Waals surface area contributed by atoms with Crippen LogP contribution in [0.4, 0.5) is 0 Å². The van der Waals surface area contributed by atoms with Gasteiger partial charge in [0.25, 0.3) is 5.91 Å². The third-order valence-corrected chi connectivity index (χ3v) is 4.61. The second-order valence-electron chi connectivity index (χ2n) is 6.44. The minimum atomic E-state index is -0.205. The molecular weight excluding hydrogens is 392 g/mol. The Kier molecular flexibility index (Phi) is 8.49. The van der Waals surface area contributed by atoms with Crippen LogP contribution in [0.3, 0.4) is 0 Å². The van der Waals surface area contributed by atoms with Gasteiger partial charge in [-0.05, 0) is 38.1 Å². The SMILES string of the molecule is CCOc1ccc(C(=O)c2ccccc2C(=O)N2CCNCC2)cc1OCC.Cl. The van der Waals surface area contributed by atoms with Gasteiger partial charge in [0.1, 0.15) is 0 Å². The Balaban J connectivity index is 0.00000300.